The van der Waals surface area contributed by atoms with Gasteiger partial charge in [0.25, 0.3) is 0 Å². The minimum atomic E-state index is -4.93. The first-order chi connectivity index (χ1) is 44.2. The SMILES string of the molecule is CC/C=C\C/C=C\C/C=C\C/C=C\C/C=C\C/C=C\CCCCCCCCC(=O)OCC(O)COP(=O)(O)OCC(O)COP(=O)(O)OCC(COC(=O)CCCCCCC/C=C\C/C=C\C/C=C\CC)OC(=O)CCCCCCCCCCCCCCCCC. The number of phosphoric acid groups is 2. The summed E-state index contributed by atoms with van der Waals surface area (Å²) in [5, 5.41) is 20.6. The van der Waals surface area contributed by atoms with Gasteiger partial charge < -0.3 is 34.2 Å². The van der Waals surface area contributed by atoms with Crippen molar-refractivity contribution in [3.63, 3.8) is 0 Å². The van der Waals surface area contributed by atoms with Gasteiger partial charge in [-0.3, -0.25) is 32.5 Å². The lowest BCUT2D eigenvalue weighted by Crippen LogP contribution is -2.30. The molecule has 5 unspecified atom stereocenters. The highest BCUT2D eigenvalue weighted by Crippen LogP contribution is 2.45. The summed E-state index contributed by atoms with van der Waals surface area (Å²) < 4.78 is 60.9. The van der Waals surface area contributed by atoms with E-state index in [9.17, 15) is 43.5 Å². The molecule has 0 rings (SSSR count). The number of aliphatic hydroxyl groups excluding tert-OH is 2. The van der Waals surface area contributed by atoms with Gasteiger partial charge in [-0.1, -0.05) is 265 Å². The van der Waals surface area contributed by atoms with Crippen molar-refractivity contribution in [2.45, 2.75) is 296 Å². The van der Waals surface area contributed by atoms with Gasteiger partial charge in [0, 0.05) is 19.3 Å². The number of hydrogen-bond donors (Lipinski definition) is 4. The molecule has 0 heterocycles. The monoisotopic (exact) mass is 1320 g/mol. The first kappa shape index (κ1) is 87.2. The predicted molar refractivity (Wildman–Crippen MR) is 371 cm³/mol. The van der Waals surface area contributed by atoms with E-state index >= 15 is 0 Å². The smallest absolute Gasteiger partial charge is 0.463 e. The van der Waals surface area contributed by atoms with Crippen molar-refractivity contribution in [2.24, 2.45) is 0 Å². The second-order valence-corrected chi connectivity index (χ2v) is 26.2. The second-order valence-electron chi connectivity index (χ2n) is 23.3. The summed E-state index contributed by atoms with van der Waals surface area (Å²) >= 11 is 0. The molecule has 0 amide bonds. The van der Waals surface area contributed by atoms with Crippen molar-refractivity contribution in [3.8, 4) is 0 Å². The molecule has 0 fully saturated rings. The zero-order valence-corrected chi connectivity index (χ0v) is 58.5. The standard InChI is InChI=1S/C73H126O16P2/c1-4-7-10-13-16-19-22-25-28-29-30-31-32-33-34-35-36-37-40-42-44-47-50-53-56-59-71(76)83-62-68(74)63-85-90(79,80)86-64-69(75)65-87-91(81,82)88-67-70(89-73(78)61-58-55-52-49-46-43-39-27-24-21-18-15-12-9-6-3)66-84-72(77)60-57-54-51-48-45-41-38-26-23-20-17-14-11-8-5-2/h7-8,10-11,16-17,19-20,25-26,28,30-31,33-34,36-38,68-70,74-75H,4-6,9,12-15,18,21-24,27,29,32,35,39-67H2,1-3H3,(H,79,80)(H,81,82)/b10-7-,11-8-,19-16-,20-17-,28-25-,31-30-,34-33-,37-36-,38-26-. The number of unbranched alkanes of at least 4 members (excludes halogenated alkanes) is 25. The van der Waals surface area contributed by atoms with E-state index in [4.69, 9.17) is 32.3 Å². The van der Waals surface area contributed by atoms with Crippen LogP contribution in [0, 0.1) is 0 Å². The van der Waals surface area contributed by atoms with Crippen LogP contribution in [0.1, 0.15) is 278 Å². The number of aliphatic hydroxyl groups is 2. The quantitative estimate of drug-likeness (QED) is 0.0146. The van der Waals surface area contributed by atoms with Crippen molar-refractivity contribution in [3.05, 3.63) is 109 Å². The Morgan fingerprint density at radius 2 is 0.582 bits per heavy atom. The minimum Gasteiger partial charge on any atom is -0.463 e. The van der Waals surface area contributed by atoms with Gasteiger partial charge in [0.05, 0.1) is 26.4 Å². The van der Waals surface area contributed by atoms with E-state index in [0.717, 1.165) is 154 Å². The molecule has 0 bridgehead atoms. The van der Waals surface area contributed by atoms with Gasteiger partial charge in [-0.05, 0) is 103 Å². The van der Waals surface area contributed by atoms with Crippen LogP contribution < -0.4 is 0 Å². The third kappa shape index (κ3) is 67.4. The lowest BCUT2D eigenvalue weighted by Gasteiger charge is -2.21. The molecule has 16 nitrogen and oxygen atoms in total. The van der Waals surface area contributed by atoms with E-state index in [0.29, 0.717) is 19.3 Å². The third-order valence-electron chi connectivity index (χ3n) is 14.5. The molecule has 0 aliphatic heterocycles. The van der Waals surface area contributed by atoms with Crippen LogP contribution in [0.3, 0.4) is 0 Å². The van der Waals surface area contributed by atoms with Gasteiger partial charge in [0.2, 0.25) is 0 Å². The molecular formula is C73H126O16P2. The Morgan fingerprint density at radius 1 is 0.319 bits per heavy atom. The number of carbonyl (C=O) groups is 3. The molecule has 0 aliphatic rings. The van der Waals surface area contributed by atoms with E-state index in [1.54, 1.807) is 0 Å². The fraction of sp³-hybridized carbons (Fsp3) is 0.712. The largest absolute Gasteiger partial charge is 0.472 e. The van der Waals surface area contributed by atoms with Crippen LogP contribution in [0.25, 0.3) is 0 Å². The maximum Gasteiger partial charge on any atom is 0.472 e. The Bertz CT molecular complexity index is 2100. The number of carbonyl (C=O) groups excluding carboxylic acids is 3. The van der Waals surface area contributed by atoms with Gasteiger partial charge in [-0.15, -0.1) is 0 Å². The molecule has 0 aliphatic carbocycles. The van der Waals surface area contributed by atoms with Gasteiger partial charge in [0.1, 0.15) is 25.4 Å². The highest BCUT2D eigenvalue weighted by Gasteiger charge is 2.29. The maximum atomic E-state index is 12.9. The van der Waals surface area contributed by atoms with Crippen LogP contribution in [0.5, 0.6) is 0 Å². The number of allylic oxidation sites excluding steroid dienone is 18. The summed E-state index contributed by atoms with van der Waals surface area (Å²) in [6.07, 6.45) is 74.2. The molecule has 0 radical (unpaired) electrons. The molecule has 0 saturated heterocycles. The summed E-state index contributed by atoms with van der Waals surface area (Å²) in [7, 11) is -9.78. The predicted octanol–water partition coefficient (Wildman–Crippen LogP) is 19.6. The number of hydrogen-bond acceptors (Lipinski definition) is 14. The molecule has 0 aromatic rings. The van der Waals surface area contributed by atoms with Crippen LogP contribution >= 0.6 is 15.6 Å². The van der Waals surface area contributed by atoms with Gasteiger partial charge >= 0.3 is 33.6 Å². The summed E-state index contributed by atoms with van der Waals surface area (Å²) in [5.41, 5.74) is 0. The van der Waals surface area contributed by atoms with Crippen LogP contribution in [0.2, 0.25) is 0 Å². The number of ether oxygens (including phenoxy) is 3. The van der Waals surface area contributed by atoms with Crippen LogP contribution in [-0.2, 0) is 55.8 Å². The summed E-state index contributed by atoms with van der Waals surface area (Å²) in [6, 6.07) is 0. The zero-order valence-electron chi connectivity index (χ0n) is 56.7. The Balaban J connectivity index is 4.59. The molecule has 0 spiro atoms. The van der Waals surface area contributed by atoms with Gasteiger partial charge in [0.15, 0.2) is 6.10 Å². The van der Waals surface area contributed by atoms with E-state index < -0.39 is 91.5 Å². The molecule has 4 N–H and O–H groups in total. The van der Waals surface area contributed by atoms with E-state index in [1.807, 2.05) is 0 Å². The van der Waals surface area contributed by atoms with Crippen molar-refractivity contribution >= 4 is 33.6 Å². The van der Waals surface area contributed by atoms with E-state index in [-0.39, 0.29) is 19.3 Å². The molecular weight excluding hydrogens is 1190 g/mol. The number of esters is 3. The highest BCUT2D eigenvalue weighted by atomic mass is 31.2. The lowest BCUT2D eigenvalue weighted by atomic mass is 10.0. The van der Waals surface area contributed by atoms with Gasteiger partial charge in [-0.2, -0.15) is 0 Å². The molecule has 5 atom stereocenters. The van der Waals surface area contributed by atoms with Crippen LogP contribution in [-0.4, -0.2) is 95.9 Å². The number of phosphoric ester groups is 2. The molecule has 524 valence electrons. The Hall–Kier alpha value is -3.79. The van der Waals surface area contributed by atoms with E-state index in [2.05, 4.69) is 130 Å². The maximum absolute atomic E-state index is 12.9. The van der Waals surface area contributed by atoms with Crippen molar-refractivity contribution < 1.29 is 75.8 Å². The first-order valence-electron chi connectivity index (χ1n) is 35.2. The summed E-state index contributed by atoms with van der Waals surface area (Å²) in [4.78, 5) is 58.4. The van der Waals surface area contributed by atoms with Crippen molar-refractivity contribution in [1.29, 1.82) is 0 Å². The average molecular weight is 1320 g/mol. The molecule has 0 saturated carbocycles. The zero-order chi connectivity index (χ0) is 66.7. The normalized spacial score (nSPS) is 14.8. The Labute approximate surface area is 551 Å². The van der Waals surface area contributed by atoms with Crippen molar-refractivity contribution in [2.75, 3.05) is 39.6 Å². The third-order valence-corrected chi connectivity index (χ3v) is 16.4. The topological polar surface area (TPSA) is 231 Å². The van der Waals surface area contributed by atoms with Crippen LogP contribution in [0.15, 0.2) is 109 Å². The van der Waals surface area contributed by atoms with Crippen LogP contribution in [0.4, 0.5) is 0 Å². The fourth-order valence-corrected chi connectivity index (χ4v) is 10.8. The minimum absolute atomic E-state index is 0.103. The van der Waals surface area contributed by atoms with Gasteiger partial charge in [-0.25, -0.2) is 9.13 Å². The second kappa shape index (κ2) is 66.2. The fourth-order valence-electron chi connectivity index (χ4n) is 9.18. The average Bonchev–Trinajstić information content (AvgIpc) is 3.08. The number of rotatable bonds is 66. The summed E-state index contributed by atoms with van der Waals surface area (Å²) in [5.74, 6) is -1.60. The summed E-state index contributed by atoms with van der Waals surface area (Å²) in [6.45, 7) is 2.42. The van der Waals surface area contributed by atoms with E-state index in [1.165, 1.54) is 64.2 Å². The molecule has 91 heavy (non-hydrogen) atoms. The molecule has 0 aromatic heterocycles. The Morgan fingerprint density at radius 3 is 0.923 bits per heavy atom. The molecule has 0 aromatic carbocycles. The highest BCUT2D eigenvalue weighted by molar-refractivity contribution is 7.47. The lowest BCUT2D eigenvalue weighted by molar-refractivity contribution is -0.161. The Kier molecular flexibility index (Phi) is 63.5. The molecule has 18 heteroatoms. The first-order valence-corrected chi connectivity index (χ1v) is 38.2. The van der Waals surface area contributed by atoms with Crippen molar-refractivity contribution in [1.82, 2.24) is 0 Å².